The number of carbonyl (C=O) groups excluding carboxylic acids is 6. The summed E-state index contributed by atoms with van der Waals surface area (Å²) in [7, 11) is 0. The normalized spacial score (nSPS) is 17.1. The van der Waals surface area contributed by atoms with Gasteiger partial charge in [-0.15, -0.1) is 0 Å². The Balaban J connectivity index is 0.00000330. The Morgan fingerprint density at radius 1 is 0.762 bits per heavy atom. The lowest BCUT2D eigenvalue weighted by Crippen LogP contribution is -2.52. The number of hydrogen-bond donors (Lipinski definition) is 5. The SMILES string of the molecule is CCC.CCOCCOCCOCCOCCC(=O)N1CCN(CC(=O)NCC(=O)NC(CCCNC(N)=O)C(=O)NCc2ccc(COC(=O)N3c4cc(F)ccc4C4CN(c5ccc6nc(N7CCOCC7)oc6c5)CCC43)cc2)CC1. The maximum atomic E-state index is 14.8. The van der Waals surface area contributed by atoms with E-state index in [1.807, 2.05) is 30.0 Å². The van der Waals surface area contributed by atoms with Gasteiger partial charge in [0.25, 0.3) is 6.01 Å². The molecule has 4 aromatic rings. The summed E-state index contributed by atoms with van der Waals surface area (Å²) in [6, 6.07) is 16.3. The van der Waals surface area contributed by atoms with Crippen LogP contribution >= 0.6 is 0 Å². The molecule has 460 valence electrons. The van der Waals surface area contributed by atoms with Gasteiger partial charge in [-0.25, -0.2) is 14.0 Å². The van der Waals surface area contributed by atoms with E-state index in [1.165, 1.54) is 18.6 Å². The summed E-state index contributed by atoms with van der Waals surface area (Å²) in [6.45, 7) is 15.5. The maximum absolute atomic E-state index is 14.8. The second kappa shape index (κ2) is 34.0. The monoisotopic (exact) mass is 1170 g/mol. The van der Waals surface area contributed by atoms with Gasteiger partial charge in [0, 0.05) is 89.7 Å². The lowest BCUT2D eigenvalue weighted by molar-refractivity contribution is -0.134. The zero-order valence-electron chi connectivity index (χ0n) is 48.8. The van der Waals surface area contributed by atoms with Gasteiger partial charge in [-0.2, -0.15) is 4.98 Å². The number of nitrogens with one attached hydrogen (secondary N) is 4. The third-order valence-electron chi connectivity index (χ3n) is 14.6. The molecule has 3 atom stereocenters. The maximum Gasteiger partial charge on any atom is 0.414 e. The van der Waals surface area contributed by atoms with Crippen LogP contribution in [0.5, 0.6) is 0 Å². The summed E-state index contributed by atoms with van der Waals surface area (Å²) in [6.07, 6.45) is 2.00. The van der Waals surface area contributed by atoms with Crippen LogP contribution in [0.15, 0.2) is 65.1 Å². The molecule has 3 aromatic carbocycles. The number of rotatable bonds is 29. The van der Waals surface area contributed by atoms with E-state index in [1.54, 1.807) is 40.1 Å². The van der Waals surface area contributed by atoms with Crippen LogP contribution in [0.4, 0.5) is 31.4 Å². The van der Waals surface area contributed by atoms with Crippen LogP contribution in [0.2, 0.25) is 0 Å². The number of halogens is 1. The molecule has 84 heavy (non-hydrogen) atoms. The van der Waals surface area contributed by atoms with Crippen molar-refractivity contribution in [2.45, 2.75) is 84.0 Å². The Morgan fingerprint density at radius 3 is 2.15 bits per heavy atom. The molecule has 3 saturated heterocycles. The number of primary amides is 1. The molecule has 0 spiro atoms. The Labute approximate surface area is 490 Å². The lowest BCUT2D eigenvalue weighted by Gasteiger charge is -2.39. The van der Waals surface area contributed by atoms with E-state index in [-0.39, 0.29) is 76.0 Å². The molecule has 0 radical (unpaired) electrons. The Bertz CT molecular complexity index is 2740. The number of aromatic nitrogens is 1. The molecule has 25 heteroatoms. The van der Waals surface area contributed by atoms with Gasteiger partial charge in [0.05, 0.1) is 90.7 Å². The van der Waals surface area contributed by atoms with Gasteiger partial charge in [0.15, 0.2) is 5.58 Å². The number of piperazine rings is 1. The van der Waals surface area contributed by atoms with E-state index in [2.05, 4.69) is 44.9 Å². The van der Waals surface area contributed by atoms with Gasteiger partial charge < -0.3 is 74.5 Å². The molecule has 3 fully saturated rings. The van der Waals surface area contributed by atoms with Crippen molar-refractivity contribution >= 4 is 64.2 Å². The summed E-state index contributed by atoms with van der Waals surface area (Å²) >= 11 is 0. The van der Waals surface area contributed by atoms with Crippen LogP contribution < -0.4 is 41.7 Å². The molecule has 6 N–H and O–H groups in total. The van der Waals surface area contributed by atoms with Crippen molar-refractivity contribution in [2.75, 3.05) is 153 Å². The molecule has 0 aliphatic carbocycles. The fraction of sp³-hybridized carbons (Fsp3) is 0.576. The fourth-order valence-electron chi connectivity index (χ4n) is 10.3. The molecule has 7 amide bonds. The standard InChI is InChI=1S/C56H76FN11O13.C3H8/c1-2-75-26-27-78-30-31-79-29-28-76-23-14-52(71)65-19-17-64(18-20-65)37-51(70)60-35-50(69)62-46(4-3-15-59-54(58)73)53(72)61-34-39-5-7-40(8-6-39)38-80-56(74)68-47-13-16-67(36-44(47)43-11-9-41(57)32-48(43)68)42-10-12-45-49(33-42)81-55(63-45)66-21-24-77-25-22-66;1-3-2/h5-12,32-33,44,46-47H,2-4,13-31,34-38H2,1H3,(H,60,70)(H,61,72)(H,62,69)(H3,58,59,73);3H2,1-2H3. The topological polar surface area (TPSA) is 274 Å². The summed E-state index contributed by atoms with van der Waals surface area (Å²) in [5, 5.41) is 10.6. The number of hydrogen-bond acceptors (Lipinski definition) is 17. The number of carbonyl (C=O) groups is 6. The Hall–Kier alpha value is -7.16. The van der Waals surface area contributed by atoms with E-state index in [4.69, 9.17) is 43.6 Å². The van der Waals surface area contributed by atoms with E-state index in [0.717, 1.165) is 22.3 Å². The summed E-state index contributed by atoms with van der Waals surface area (Å²) in [5.74, 6) is -2.04. The molecule has 4 aliphatic heterocycles. The van der Waals surface area contributed by atoms with Crippen molar-refractivity contribution in [3.8, 4) is 0 Å². The van der Waals surface area contributed by atoms with E-state index in [0.29, 0.717) is 148 Å². The van der Waals surface area contributed by atoms with Crippen LogP contribution in [0.1, 0.15) is 75.5 Å². The van der Waals surface area contributed by atoms with Crippen molar-refractivity contribution in [1.82, 2.24) is 36.1 Å². The largest absolute Gasteiger partial charge is 0.444 e. The highest BCUT2D eigenvalue weighted by molar-refractivity contribution is 5.93. The van der Waals surface area contributed by atoms with E-state index in [9.17, 15) is 33.2 Å². The number of urea groups is 1. The van der Waals surface area contributed by atoms with Gasteiger partial charge in [0.1, 0.15) is 24.0 Å². The van der Waals surface area contributed by atoms with Crippen molar-refractivity contribution in [2.24, 2.45) is 5.73 Å². The fourth-order valence-corrected chi connectivity index (χ4v) is 10.3. The Kier molecular flexibility index (Phi) is 26.0. The number of anilines is 3. The first-order chi connectivity index (χ1) is 40.8. The number of benzene rings is 3. The highest BCUT2D eigenvalue weighted by Gasteiger charge is 2.46. The van der Waals surface area contributed by atoms with Crippen LogP contribution in [0.25, 0.3) is 11.1 Å². The number of oxazole rings is 1. The Morgan fingerprint density at radius 2 is 1.45 bits per heavy atom. The second-order valence-corrected chi connectivity index (χ2v) is 20.8. The van der Waals surface area contributed by atoms with E-state index >= 15 is 0 Å². The first-order valence-corrected chi connectivity index (χ1v) is 29.3. The van der Waals surface area contributed by atoms with Crippen LogP contribution in [0, 0.1) is 5.82 Å². The molecule has 0 saturated carbocycles. The number of nitrogens with zero attached hydrogens (tertiary/aromatic N) is 6. The first-order valence-electron chi connectivity index (χ1n) is 29.3. The van der Waals surface area contributed by atoms with Gasteiger partial charge in [-0.3, -0.25) is 29.0 Å². The highest BCUT2D eigenvalue weighted by Crippen LogP contribution is 2.46. The zero-order valence-corrected chi connectivity index (χ0v) is 48.8. The van der Waals surface area contributed by atoms with Crippen molar-refractivity contribution in [1.29, 1.82) is 0 Å². The molecular formula is C59H84FN11O13. The molecule has 1 aromatic heterocycles. The average Bonchev–Trinajstić information content (AvgIpc) is 3.01. The van der Waals surface area contributed by atoms with Crippen LogP contribution in [0.3, 0.4) is 0 Å². The number of nitrogens with two attached hydrogens (primary N) is 1. The molecule has 8 rings (SSSR count). The summed E-state index contributed by atoms with van der Waals surface area (Å²) < 4.78 is 54.0. The average molecular weight is 1170 g/mol. The number of ether oxygens (including phenoxy) is 6. The second-order valence-electron chi connectivity index (χ2n) is 20.8. The molecule has 0 bridgehead atoms. The highest BCUT2D eigenvalue weighted by atomic mass is 19.1. The van der Waals surface area contributed by atoms with Gasteiger partial charge in [-0.05, 0) is 67.1 Å². The third-order valence-corrected chi connectivity index (χ3v) is 14.6. The summed E-state index contributed by atoms with van der Waals surface area (Å²) in [4.78, 5) is 91.7. The minimum absolute atomic E-state index is 0.0243. The predicted octanol–water partition coefficient (Wildman–Crippen LogP) is 4.03. The minimum atomic E-state index is -0.998. The lowest BCUT2D eigenvalue weighted by atomic mass is 9.89. The van der Waals surface area contributed by atoms with Gasteiger partial charge >= 0.3 is 12.1 Å². The van der Waals surface area contributed by atoms with Crippen LogP contribution in [-0.2, 0) is 60.8 Å². The molecule has 4 aliphatic rings. The minimum Gasteiger partial charge on any atom is -0.444 e. The zero-order chi connectivity index (χ0) is 59.6. The first kappa shape index (κ1) is 64.4. The molecular weight excluding hydrogens is 1090 g/mol. The number of amides is 7. The smallest absolute Gasteiger partial charge is 0.414 e. The van der Waals surface area contributed by atoms with Gasteiger partial charge in [0.2, 0.25) is 23.6 Å². The number of morpholine rings is 1. The molecule has 3 unspecified atom stereocenters. The van der Waals surface area contributed by atoms with Crippen molar-refractivity contribution in [3.63, 3.8) is 0 Å². The van der Waals surface area contributed by atoms with Gasteiger partial charge in [-0.1, -0.05) is 50.6 Å². The van der Waals surface area contributed by atoms with Crippen molar-refractivity contribution in [3.05, 3.63) is 83.2 Å². The molecule has 5 heterocycles. The quantitative estimate of drug-likeness (QED) is 0.0480. The third kappa shape index (κ3) is 19.7. The van der Waals surface area contributed by atoms with Crippen molar-refractivity contribution < 1.29 is 66.0 Å². The predicted molar refractivity (Wildman–Crippen MR) is 312 cm³/mol. The summed E-state index contributed by atoms with van der Waals surface area (Å²) in [5.41, 5.74) is 10.4. The van der Waals surface area contributed by atoms with Crippen LogP contribution in [-0.4, -0.2) is 201 Å². The molecule has 24 nitrogen and oxygen atoms in total. The van der Waals surface area contributed by atoms with E-state index < -0.39 is 35.8 Å². The number of fused-ring (bicyclic) bond motifs is 4. The number of piperidine rings is 1.